The number of ether oxygens (including phenoxy) is 2. The zero-order chi connectivity index (χ0) is 15.0. The number of nitrogens with zero attached hydrogens (tertiary/aromatic N) is 1. The zero-order valence-corrected chi connectivity index (χ0v) is 13.3. The number of likely N-dealkylation sites (N-methyl/N-ethyl adjacent to an activating group) is 1. The summed E-state index contributed by atoms with van der Waals surface area (Å²) in [4.78, 5) is 2.36. The molecule has 0 saturated heterocycles. The first-order valence-electron chi connectivity index (χ1n) is 7.90. The topological polar surface area (TPSA) is 47.7 Å². The molecule has 0 spiro atoms. The van der Waals surface area contributed by atoms with Crippen molar-refractivity contribution in [3.8, 4) is 11.5 Å². The van der Waals surface area contributed by atoms with E-state index in [1.54, 1.807) is 7.11 Å². The Labute approximate surface area is 127 Å². The van der Waals surface area contributed by atoms with Crippen LogP contribution in [0, 0.1) is 5.92 Å². The molecule has 0 aromatic heterocycles. The molecule has 1 heterocycles. The second-order valence-electron chi connectivity index (χ2n) is 6.47. The predicted octanol–water partition coefficient (Wildman–Crippen LogP) is 2.36. The van der Waals surface area contributed by atoms with Gasteiger partial charge in [0.25, 0.3) is 0 Å². The van der Waals surface area contributed by atoms with Gasteiger partial charge in [-0.3, -0.25) is 4.90 Å². The fourth-order valence-electron chi connectivity index (χ4n) is 3.27. The van der Waals surface area contributed by atoms with Gasteiger partial charge in [-0.25, -0.2) is 0 Å². The molecule has 1 saturated carbocycles. The van der Waals surface area contributed by atoms with Gasteiger partial charge in [0.1, 0.15) is 17.6 Å². The van der Waals surface area contributed by atoms with E-state index in [1.165, 1.54) is 18.4 Å². The largest absolute Gasteiger partial charge is 0.496 e. The summed E-state index contributed by atoms with van der Waals surface area (Å²) in [7, 11) is 3.89. The van der Waals surface area contributed by atoms with E-state index in [-0.39, 0.29) is 12.1 Å². The molecule has 1 aromatic rings. The van der Waals surface area contributed by atoms with Crippen molar-refractivity contribution in [3.05, 3.63) is 23.3 Å². The van der Waals surface area contributed by atoms with Gasteiger partial charge in [0.15, 0.2) is 0 Å². The molecule has 1 fully saturated rings. The Morgan fingerprint density at radius 1 is 1.43 bits per heavy atom. The highest BCUT2D eigenvalue weighted by Crippen LogP contribution is 2.39. The third-order valence-electron chi connectivity index (χ3n) is 4.61. The summed E-state index contributed by atoms with van der Waals surface area (Å²) >= 11 is 0. The Hall–Kier alpha value is -1.26. The number of rotatable bonds is 6. The van der Waals surface area contributed by atoms with Gasteiger partial charge in [-0.2, -0.15) is 0 Å². The molecule has 2 N–H and O–H groups in total. The highest BCUT2D eigenvalue weighted by atomic mass is 16.5. The molecular weight excluding hydrogens is 264 g/mol. The summed E-state index contributed by atoms with van der Waals surface area (Å²) in [6.07, 6.45) is 3.91. The van der Waals surface area contributed by atoms with Crippen LogP contribution in [0.3, 0.4) is 0 Å². The van der Waals surface area contributed by atoms with Gasteiger partial charge >= 0.3 is 0 Å². The second kappa shape index (κ2) is 5.85. The van der Waals surface area contributed by atoms with Crippen molar-refractivity contribution in [1.29, 1.82) is 0 Å². The molecule has 2 unspecified atom stereocenters. The highest BCUT2D eigenvalue weighted by Gasteiger charge is 2.29. The molecule has 21 heavy (non-hydrogen) atoms. The summed E-state index contributed by atoms with van der Waals surface area (Å²) < 4.78 is 11.5. The van der Waals surface area contributed by atoms with Crippen LogP contribution in [-0.4, -0.2) is 38.3 Å². The van der Waals surface area contributed by atoms with E-state index in [2.05, 4.69) is 31.0 Å². The van der Waals surface area contributed by atoms with E-state index in [0.29, 0.717) is 6.54 Å². The van der Waals surface area contributed by atoms with E-state index in [0.717, 1.165) is 35.9 Å². The fraction of sp³-hybridized carbons (Fsp3) is 0.647. The van der Waals surface area contributed by atoms with Gasteiger partial charge in [-0.15, -0.1) is 0 Å². The lowest BCUT2D eigenvalue weighted by Gasteiger charge is -2.29. The van der Waals surface area contributed by atoms with E-state index in [9.17, 15) is 0 Å². The molecule has 4 nitrogen and oxygen atoms in total. The van der Waals surface area contributed by atoms with Gasteiger partial charge in [0.2, 0.25) is 0 Å². The van der Waals surface area contributed by atoms with E-state index >= 15 is 0 Å². The normalized spacial score (nSPS) is 22.0. The third-order valence-corrected chi connectivity index (χ3v) is 4.61. The molecule has 2 aliphatic rings. The van der Waals surface area contributed by atoms with Crippen LogP contribution in [0.2, 0.25) is 0 Å². The Bertz CT molecular complexity index is 514. The lowest BCUT2D eigenvalue weighted by atomic mass is 10.00. The highest BCUT2D eigenvalue weighted by molar-refractivity contribution is 5.50. The van der Waals surface area contributed by atoms with Crippen molar-refractivity contribution in [3.63, 3.8) is 0 Å². The van der Waals surface area contributed by atoms with Crippen molar-refractivity contribution in [2.24, 2.45) is 11.7 Å². The predicted molar refractivity (Wildman–Crippen MR) is 83.9 cm³/mol. The van der Waals surface area contributed by atoms with Crippen molar-refractivity contribution in [1.82, 2.24) is 4.90 Å². The summed E-state index contributed by atoms with van der Waals surface area (Å²) in [5, 5.41) is 0. The van der Waals surface area contributed by atoms with Crippen molar-refractivity contribution < 1.29 is 9.47 Å². The fourth-order valence-corrected chi connectivity index (χ4v) is 3.27. The van der Waals surface area contributed by atoms with Crippen molar-refractivity contribution in [2.75, 3.05) is 27.2 Å². The second-order valence-corrected chi connectivity index (χ2v) is 6.47. The smallest absolute Gasteiger partial charge is 0.124 e. The van der Waals surface area contributed by atoms with Crippen LogP contribution in [-0.2, 0) is 6.42 Å². The molecule has 0 amide bonds. The van der Waals surface area contributed by atoms with Gasteiger partial charge in [0, 0.05) is 30.6 Å². The lowest BCUT2D eigenvalue weighted by Crippen LogP contribution is -2.32. The number of hydrogen-bond donors (Lipinski definition) is 1. The van der Waals surface area contributed by atoms with Gasteiger partial charge in [-0.05, 0) is 44.9 Å². The monoisotopic (exact) mass is 290 g/mol. The maximum Gasteiger partial charge on any atom is 0.124 e. The van der Waals surface area contributed by atoms with E-state index in [4.69, 9.17) is 15.2 Å². The average Bonchev–Trinajstić information content (AvgIpc) is 3.18. The van der Waals surface area contributed by atoms with Crippen molar-refractivity contribution >= 4 is 0 Å². The Kier molecular flexibility index (Phi) is 4.09. The maximum atomic E-state index is 6.06. The first-order valence-corrected chi connectivity index (χ1v) is 7.90. The van der Waals surface area contributed by atoms with Crippen LogP contribution in [0.25, 0.3) is 0 Å². The Morgan fingerprint density at radius 2 is 2.19 bits per heavy atom. The number of nitrogens with two attached hydrogens (primary N) is 1. The number of benzene rings is 1. The Balaban J connectivity index is 1.89. The van der Waals surface area contributed by atoms with Crippen molar-refractivity contribution in [2.45, 2.75) is 38.3 Å². The zero-order valence-electron chi connectivity index (χ0n) is 13.3. The minimum absolute atomic E-state index is 0.186. The molecule has 1 aliphatic heterocycles. The molecule has 2 atom stereocenters. The van der Waals surface area contributed by atoms with Gasteiger partial charge < -0.3 is 15.2 Å². The standard InChI is InChI=1S/C17H26N2O2/c1-11-6-13-7-17(20-3)14(8-16(13)21-11)15(9-18)19(2)10-12-4-5-12/h7-8,11-12,15H,4-6,9-10,18H2,1-3H3. The molecular formula is C17H26N2O2. The molecule has 1 aromatic carbocycles. The summed E-state index contributed by atoms with van der Waals surface area (Å²) in [5.74, 6) is 2.78. The van der Waals surface area contributed by atoms with E-state index < -0.39 is 0 Å². The summed E-state index contributed by atoms with van der Waals surface area (Å²) in [6.45, 7) is 3.80. The molecule has 0 radical (unpaired) electrons. The van der Waals surface area contributed by atoms with Crippen LogP contribution in [0.4, 0.5) is 0 Å². The third kappa shape index (κ3) is 3.01. The summed E-state index contributed by atoms with van der Waals surface area (Å²) in [5.41, 5.74) is 8.45. The number of fused-ring (bicyclic) bond motifs is 1. The molecule has 3 rings (SSSR count). The number of hydrogen-bond acceptors (Lipinski definition) is 4. The molecule has 116 valence electrons. The average molecular weight is 290 g/mol. The van der Waals surface area contributed by atoms with Gasteiger partial charge in [0.05, 0.1) is 13.2 Å². The Morgan fingerprint density at radius 3 is 2.81 bits per heavy atom. The van der Waals surface area contributed by atoms with Crippen LogP contribution >= 0.6 is 0 Å². The molecule has 1 aliphatic carbocycles. The SMILES string of the molecule is COc1cc2c(cc1C(CN)N(C)CC1CC1)OC(C)C2. The summed E-state index contributed by atoms with van der Waals surface area (Å²) in [6, 6.07) is 4.45. The first-order chi connectivity index (χ1) is 10.1. The first kappa shape index (κ1) is 14.7. The number of methoxy groups -OCH3 is 1. The van der Waals surface area contributed by atoms with Crippen LogP contribution < -0.4 is 15.2 Å². The molecule has 4 heteroatoms. The van der Waals surface area contributed by atoms with Crippen LogP contribution in [0.15, 0.2) is 12.1 Å². The van der Waals surface area contributed by atoms with Crippen LogP contribution in [0.5, 0.6) is 11.5 Å². The lowest BCUT2D eigenvalue weighted by molar-refractivity contribution is 0.232. The minimum Gasteiger partial charge on any atom is -0.496 e. The maximum absolute atomic E-state index is 6.06. The quantitative estimate of drug-likeness (QED) is 0.874. The van der Waals surface area contributed by atoms with Crippen LogP contribution in [0.1, 0.15) is 36.9 Å². The van der Waals surface area contributed by atoms with Gasteiger partial charge in [-0.1, -0.05) is 0 Å². The minimum atomic E-state index is 0.186. The molecule has 0 bridgehead atoms. The van der Waals surface area contributed by atoms with E-state index in [1.807, 2.05) is 0 Å².